The molecule has 8 nitrogen and oxygen atoms in total. The van der Waals surface area contributed by atoms with E-state index >= 15 is 0 Å². The maximum absolute atomic E-state index is 12.6. The average molecular weight is 386 g/mol. The highest BCUT2D eigenvalue weighted by molar-refractivity contribution is 6.08. The van der Waals surface area contributed by atoms with Crippen molar-refractivity contribution in [1.82, 2.24) is 10.2 Å². The third-order valence-corrected chi connectivity index (χ3v) is 6.78. The molecule has 1 aromatic rings. The second-order valence-corrected chi connectivity index (χ2v) is 8.61. The van der Waals surface area contributed by atoms with Gasteiger partial charge in [0.1, 0.15) is 23.4 Å². The Kier molecular flexibility index (Phi) is 3.13. The Morgan fingerprint density at radius 1 is 1.18 bits per heavy atom. The minimum absolute atomic E-state index is 0.0348. The maximum atomic E-state index is 12.6. The minimum Gasteiger partial charge on any atom is -0.496 e. The molecule has 148 valence electrons. The molecule has 28 heavy (non-hydrogen) atoms. The summed E-state index contributed by atoms with van der Waals surface area (Å²) in [4.78, 5) is 26.3. The van der Waals surface area contributed by atoms with Crippen LogP contribution < -0.4 is 19.5 Å². The third kappa shape index (κ3) is 2.09. The highest BCUT2D eigenvalue weighted by atomic mass is 16.5. The Bertz CT molecular complexity index is 885. The number of imide groups is 1. The Balaban J connectivity index is 1.18. The van der Waals surface area contributed by atoms with Gasteiger partial charge in [-0.25, -0.2) is 4.79 Å². The van der Waals surface area contributed by atoms with Crippen molar-refractivity contribution in [2.75, 3.05) is 26.9 Å². The number of rotatable bonds is 4. The molecule has 2 aliphatic carbocycles. The molecule has 8 heteroatoms. The van der Waals surface area contributed by atoms with Gasteiger partial charge < -0.3 is 24.3 Å². The van der Waals surface area contributed by atoms with Gasteiger partial charge in [0.25, 0.3) is 5.91 Å². The first-order chi connectivity index (χ1) is 13.5. The zero-order valence-electron chi connectivity index (χ0n) is 15.7. The zero-order chi connectivity index (χ0) is 19.1. The van der Waals surface area contributed by atoms with E-state index < -0.39 is 5.54 Å². The standard InChI is InChI=1S/C20H22N2O6/c1-25-12-6-14-16(19(2-3-19)8-27-14)15(7-12)28-13-4-11(5-13)22-17(23)20(9-26-10-20)21-18(22)24/h6-7,11,13H,2-5,8-10H2,1H3,(H,21,24). The summed E-state index contributed by atoms with van der Waals surface area (Å²) in [5.74, 6) is 2.21. The number of carbonyl (C=O) groups excluding carboxylic acids is 2. The van der Waals surface area contributed by atoms with Gasteiger partial charge in [-0.1, -0.05) is 0 Å². The van der Waals surface area contributed by atoms with Crippen LogP contribution in [0.3, 0.4) is 0 Å². The Labute approximate surface area is 162 Å². The molecule has 0 aromatic heterocycles. The molecular weight excluding hydrogens is 364 g/mol. The van der Waals surface area contributed by atoms with Crippen LogP contribution in [0.25, 0.3) is 0 Å². The number of benzene rings is 1. The average Bonchev–Trinajstić information content (AvgIpc) is 3.23. The molecule has 3 heterocycles. The van der Waals surface area contributed by atoms with Crippen molar-refractivity contribution < 1.29 is 28.5 Å². The van der Waals surface area contributed by atoms with Gasteiger partial charge in [0.15, 0.2) is 5.54 Å². The molecule has 2 spiro atoms. The van der Waals surface area contributed by atoms with Crippen LogP contribution in [0.4, 0.5) is 4.79 Å². The van der Waals surface area contributed by atoms with Crippen LogP contribution in [-0.4, -0.2) is 61.5 Å². The number of hydrogen-bond acceptors (Lipinski definition) is 6. The summed E-state index contributed by atoms with van der Waals surface area (Å²) in [6.45, 7) is 1.23. The normalized spacial score (nSPS) is 30.4. The monoisotopic (exact) mass is 386 g/mol. The first kappa shape index (κ1) is 16.5. The number of nitrogens with zero attached hydrogens (tertiary/aromatic N) is 1. The molecule has 5 aliphatic rings. The second kappa shape index (κ2) is 5.31. The molecule has 0 radical (unpaired) electrons. The van der Waals surface area contributed by atoms with E-state index in [0.717, 1.165) is 29.9 Å². The molecule has 1 aromatic carbocycles. The van der Waals surface area contributed by atoms with Crippen molar-refractivity contribution >= 4 is 11.9 Å². The molecule has 0 bridgehead atoms. The fraction of sp³-hybridized carbons (Fsp3) is 0.600. The topological polar surface area (TPSA) is 86.3 Å². The molecule has 2 saturated carbocycles. The van der Waals surface area contributed by atoms with Crippen molar-refractivity contribution in [3.8, 4) is 17.2 Å². The van der Waals surface area contributed by atoms with Gasteiger partial charge in [-0.05, 0) is 12.8 Å². The van der Waals surface area contributed by atoms with Crippen LogP contribution in [-0.2, 0) is 14.9 Å². The van der Waals surface area contributed by atoms with Gasteiger partial charge in [-0.15, -0.1) is 0 Å². The zero-order valence-corrected chi connectivity index (χ0v) is 15.7. The van der Waals surface area contributed by atoms with Crippen LogP contribution in [0, 0.1) is 0 Å². The fourth-order valence-electron chi connectivity index (χ4n) is 4.75. The van der Waals surface area contributed by atoms with Crippen LogP contribution in [0.15, 0.2) is 12.1 Å². The number of urea groups is 1. The minimum atomic E-state index is -0.827. The predicted octanol–water partition coefficient (Wildman–Crippen LogP) is 1.35. The molecule has 2 saturated heterocycles. The molecule has 6 rings (SSSR count). The summed E-state index contributed by atoms with van der Waals surface area (Å²) >= 11 is 0. The van der Waals surface area contributed by atoms with Crippen LogP contribution in [0.1, 0.15) is 31.2 Å². The van der Waals surface area contributed by atoms with Crippen LogP contribution in [0.2, 0.25) is 0 Å². The van der Waals surface area contributed by atoms with E-state index in [-0.39, 0.29) is 42.7 Å². The van der Waals surface area contributed by atoms with Gasteiger partial charge in [0, 0.05) is 42.0 Å². The van der Waals surface area contributed by atoms with Crippen molar-refractivity contribution in [2.24, 2.45) is 0 Å². The van der Waals surface area contributed by atoms with E-state index in [1.54, 1.807) is 7.11 Å². The molecular formula is C20H22N2O6. The van der Waals surface area contributed by atoms with Crippen LogP contribution in [0.5, 0.6) is 17.2 Å². The Morgan fingerprint density at radius 2 is 1.96 bits per heavy atom. The van der Waals surface area contributed by atoms with E-state index in [2.05, 4.69) is 5.32 Å². The highest BCUT2D eigenvalue weighted by Gasteiger charge is 2.59. The summed E-state index contributed by atoms with van der Waals surface area (Å²) in [5.41, 5.74) is 0.422. The summed E-state index contributed by atoms with van der Waals surface area (Å²) in [7, 11) is 1.63. The number of carbonyl (C=O) groups is 2. The highest BCUT2D eigenvalue weighted by Crippen LogP contribution is 2.59. The lowest BCUT2D eigenvalue weighted by Gasteiger charge is -2.41. The largest absolute Gasteiger partial charge is 0.496 e. The lowest BCUT2D eigenvalue weighted by atomic mass is 9.86. The van der Waals surface area contributed by atoms with Crippen molar-refractivity contribution in [3.05, 3.63) is 17.7 Å². The predicted molar refractivity (Wildman–Crippen MR) is 95.8 cm³/mol. The van der Waals surface area contributed by atoms with E-state index in [9.17, 15) is 9.59 Å². The number of ether oxygens (including phenoxy) is 4. The third-order valence-electron chi connectivity index (χ3n) is 6.78. The van der Waals surface area contributed by atoms with Crippen molar-refractivity contribution in [1.29, 1.82) is 0 Å². The van der Waals surface area contributed by atoms with Crippen molar-refractivity contribution in [3.63, 3.8) is 0 Å². The first-order valence-corrected chi connectivity index (χ1v) is 9.79. The maximum Gasteiger partial charge on any atom is 0.325 e. The van der Waals surface area contributed by atoms with Gasteiger partial charge in [0.2, 0.25) is 0 Å². The van der Waals surface area contributed by atoms with E-state index in [1.165, 1.54) is 4.90 Å². The molecule has 4 fully saturated rings. The van der Waals surface area contributed by atoms with Gasteiger partial charge in [-0.2, -0.15) is 0 Å². The second-order valence-electron chi connectivity index (χ2n) is 8.61. The number of hydrogen-bond donors (Lipinski definition) is 1. The molecule has 1 N–H and O–H groups in total. The number of methoxy groups -OCH3 is 1. The van der Waals surface area contributed by atoms with Gasteiger partial charge in [-0.3, -0.25) is 9.69 Å². The number of fused-ring (bicyclic) bond motifs is 2. The summed E-state index contributed by atoms with van der Waals surface area (Å²) in [6.07, 6.45) is 3.46. The Morgan fingerprint density at radius 3 is 2.57 bits per heavy atom. The molecule has 3 aliphatic heterocycles. The number of nitrogens with one attached hydrogen (secondary N) is 1. The van der Waals surface area contributed by atoms with Gasteiger partial charge >= 0.3 is 6.03 Å². The summed E-state index contributed by atoms with van der Waals surface area (Å²) < 4.78 is 22.7. The lowest BCUT2D eigenvalue weighted by Crippen LogP contribution is -2.63. The first-order valence-electron chi connectivity index (χ1n) is 9.79. The van der Waals surface area contributed by atoms with E-state index in [1.807, 2.05) is 12.1 Å². The van der Waals surface area contributed by atoms with Crippen LogP contribution >= 0.6 is 0 Å². The Hall–Kier alpha value is -2.48. The quantitative estimate of drug-likeness (QED) is 0.787. The lowest BCUT2D eigenvalue weighted by molar-refractivity contribution is -0.151. The molecule has 0 atom stereocenters. The molecule has 0 unspecified atom stereocenters. The van der Waals surface area contributed by atoms with Gasteiger partial charge in [0.05, 0.1) is 26.9 Å². The smallest absolute Gasteiger partial charge is 0.325 e. The van der Waals surface area contributed by atoms with E-state index in [4.69, 9.17) is 18.9 Å². The summed E-state index contributed by atoms with van der Waals surface area (Å²) in [5, 5.41) is 2.79. The van der Waals surface area contributed by atoms with Crippen molar-refractivity contribution in [2.45, 2.75) is 48.8 Å². The number of amides is 3. The SMILES string of the molecule is COc1cc2c(c(OC3CC(N4C(=O)NC5(COC5)C4=O)C3)c1)C1(CC1)CO2. The molecule has 3 amide bonds. The fourth-order valence-corrected chi connectivity index (χ4v) is 4.75. The van der Waals surface area contributed by atoms with E-state index in [0.29, 0.717) is 25.2 Å². The summed E-state index contributed by atoms with van der Waals surface area (Å²) in [6, 6.07) is 3.41.